The fourth-order valence-corrected chi connectivity index (χ4v) is 4.19. The third-order valence-corrected chi connectivity index (χ3v) is 5.80. The van der Waals surface area contributed by atoms with E-state index in [2.05, 4.69) is 20.2 Å². The lowest BCUT2D eigenvalue weighted by Crippen LogP contribution is -1.92. The summed E-state index contributed by atoms with van der Waals surface area (Å²) in [6, 6.07) is 19.8. The Balaban J connectivity index is 1.37. The molecule has 0 saturated heterocycles. The van der Waals surface area contributed by atoms with Crippen molar-refractivity contribution in [3.63, 3.8) is 0 Å². The fraction of sp³-hybridized carbons (Fsp3) is 0.0400. The van der Waals surface area contributed by atoms with Crippen LogP contribution in [0, 0.1) is 0 Å². The molecule has 0 atom stereocenters. The smallest absolute Gasteiger partial charge is 0.231 e. The summed E-state index contributed by atoms with van der Waals surface area (Å²) in [6.45, 7) is 0.246. The number of para-hydroxylation sites is 1. The number of nitrogens with one attached hydrogen (secondary N) is 2. The van der Waals surface area contributed by atoms with Crippen molar-refractivity contribution in [1.82, 2.24) is 30.1 Å². The summed E-state index contributed by atoms with van der Waals surface area (Å²) in [5.41, 5.74) is 7.90. The van der Waals surface area contributed by atoms with Crippen LogP contribution in [0.4, 0.5) is 0 Å². The molecule has 0 spiro atoms. The van der Waals surface area contributed by atoms with E-state index in [1.54, 1.807) is 12.4 Å². The second-order valence-electron chi connectivity index (χ2n) is 7.76. The highest BCUT2D eigenvalue weighted by Crippen LogP contribution is 2.38. The van der Waals surface area contributed by atoms with Crippen molar-refractivity contribution in [2.45, 2.75) is 0 Å². The van der Waals surface area contributed by atoms with Crippen LogP contribution in [0.1, 0.15) is 0 Å². The van der Waals surface area contributed by atoms with Crippen LogP contribution in [0.25, 0.3) is 56.0 Å². The highest BCUT2D eigenvalue weighted by molar-refractivity contribution is 5.96. The molecule has 0 amide bonds. The van der Waals surface area contributed by atoms with E-state index in [1.807, 2.05) is 60.7 Å². The van der Waals surface area contributed by atoms with Crippen LogP contribution in [-0.2, 0) is 0 Å². The molecule has 0 bridgehead atoms. The zero-order valence-electron chi connectivity index (χ0n) is 17.2. The van der Waals surface area contributed by atoms with Crippen molar-refractivity contribution < 1.29 is 9.47 Å². The van der Waals surface area contributed by atoms with Gasteiger partial charge in [-0.3, -0.25) is 10.1 Å². The summed E-state index contributed by atoms with van der Waals surface area (Å²) in [4.78, 5) is 17.3. The number of rotatable bonds is 3. The Morgan fingerprint density at radius 3 is 2.61 bits per heavy atom. The second-order valence-corrected chi connectivity index (χ2v) is 7.76. The molecule has 0 fully saturated rings. The zero-order valence-corrected chi connectivity index (χ0v) is 17.2. The highest BCUT2D eigenvalue weighted by atomic mass is 16.7. The van der Waals surface area contributed by atoms with Gasteiger partial charge in [-0.05, 0) is 48.0 Å². The van der Waals surface area contributed by atoms with Gasteiger partial charge in [0.1, 0.15) is 5.52 Å². The van der Waals surface area contributed by atoms with Crippen molar-refractivity contribution in [2.75, 3.05) is 6.79 Å². The largest absolute Gasteiger partial charge is 0.454 e. The maximum atomic E-state index is 5.56. The molecule has 1 aliphatic rings. The van der Waals surface area contributed by atoms with Gasteiger partial charge in [-0.1, -0.05) is 18.2 Å². The van der Waals surface area contributed by atoms with Gasteiger partial charge in [-0.25, -0.2) is 9.97 Å². The molecule has 33 heavy (non-hydrogen) atoms. The highest BCUT2D eigenvalue weighted by Gasteiger charge is 2.18. The Bertz CT molecular complexity index is 1650. The average molecular weight is 432 g/mol. The normalized spacial score (nSPS) is 12.6. The Hall–Kier alpha value is -4.72. The molecule has 0 radical (unpaired) electrons. The molecule has 4 aromatic heterocycles. The second kappa shape index (κ2) is 6.89. The number of pyridine rings is 2. The van der Waals surface area contributed by atoms with Crippen LogP contribution in [-0.4, -0.2) is 36.9 Å². The summed E-state index contributed by atoms with van der Waals surface area (Å²) < 4.78 is 11.0. The van der Waals surface area contributed by atoms with Gasteiger partial charge >= 0.3 is 0 Å². The van der Waals surface area contributed by atoms with Crippen molar-refractivity contribution >= 4 is 22.1 Å². The van der Waals surface area contributed by atoms with E-state index < -0.39 is 0 Å². The molecule has 1 aliphatic heterocycles. The van der Waals surface area contributed by atoms with E-state index >= 15 is 0 Å². The Morgan fingerprint density at radius 2 is 1.67 bits per heavy atom. The van der Waals surface area contributed by atoms with Crippen LogP contribution in [0.5, 0.6) is 11.5 Å². The minimum Gasteiger partial charge on any atom is -0.454 e. The number of hydrogen-bond donors (Lipinski definition) is 2. The van der Waals surface area contributed by atoms with Crippen LogP contribution in [0.2, 0.25) is 0 Å². The number of hydrogen-bond acceptors (Lipinski definition) is 6. The van der Waals surface area contributed by atoms with E-state index in [9.17, 15) is 0 Å². The van der Waals surface area contributed by atoms with Gasteiger partial charge in [0.05, 0.1) is 22.2 Å². The quantitative estimate of drug-likeness (QED) is 0.410. The van der Waals surface area contributed by atoms with E-state index in [0.29, 0.717) is 11.5 Å². The predicted octanol–water partition coefficient (Wildman–Crippen LogP) is 4.96. The van der Waals surface area contributed by atoms with Crippen LogP contribution < -0.4 is 9.47 Å². The molecular weight excluding hydrogens is 416 g/mol. The molecule has 0 unspecified atom stereocenters. The van der Waals surface area contributed by atoms with Gasteiger partial charge in [-0.15, -0.1) is 0 Å². The molecule has 8 nitrogen and oxygen atoms in total. The number of ether oxygens (including phenoxy) is 2. The summed E-state index contributed by atoms with van der Waals surface area (Å²) >= 11 is 0. The standard InChI is InChI=1S/C25H16N6O2/c1-2-16(15-4-7-20-21(12-15)33-13-32-20)22-18(3-1)28-25(29-22)24-23-19(30-31-24)6-5-17(27-23)14-8-10-26-11-9-14/h1-12H,13H2,(H,28,29)(H,30,31). The van der Waals surface area contributed by atoms with Gasteiger partial charge in [0.25, 0.3) is 0 Å². The average Bonchev–Trinajstić information content (AvgIpc) is 3.60. The summed E-state index contributed by atoms with van der Waals surface area (Å²) in [5, 5.41) is 7.58. The third-order valence-electron chi connectivity index (χ3n) is 5.80. The van der Waals surface area contributed by atoms with Gasteiger partial charge in [0, 0.05) is 23.5 Å². The van der Waals surface area contributed by atoms with Gasteiger partial charge in [0.2, 0.25) is 6.79 Å². The third kappa shape index (κ3) is 2.85. The summed E-state index contributed by atoms with van der Waals surface area (Å²) in [6.07, 6.45) is 3.52. The number of imidazole rings is 1. The van der Waals surface area contributed by atoms with Crippen molar-refractivity contribution in [1.29, 1.82) is 0 Å². The first-order valence-corrected chi connectivity index (χ1v) is 10.5. The van der Waals surface area contributed by atoms with Gasteiger partial charge in [0.15, 0.2) is 23.0 Å². The molecule has 2 N–H and O–H groups in total. The molecule has 0 saturated carbocycles. The summed E-state index contributed by atoms with van der Waals surface area (Å²) in [7, 11) is 0. The van der Waals surface area contributed by atoms with E-state index in [4.69, 9.17) is 19.4 Å². The van der Waals surface area contributed by atoms with Crippen molar-refractivity contribution in [3.8, 4) is 45.4 Å². The Morgan fingerprint density at radius 1 is 0.758 bits per heavy atom. The number of nitrogens with zero attached hydrogens (tertiary/aromatic N) is 4. The van der Waals surface area contributed by atoms with Crippen LogP contribution in [0.3, 0.4) is 0 Å². The van der Waals surface area contributed by atoms with Crippen molar-refractivity contribution in [3.05, 3.63) is 73.1 Å². The van der Waals surface area contributed by atoms with Crippen LogP contribution in [0.15, 0.2) is 73.1 Å². The molecule has 158 valence electrons. The lowest BCUT2D eigenvalue weighted by molar-refractivity contribution is 0.174. The number of H-pyrrole nitrogens is 2. The van der Waals surface area contributed by atoms with E-state index in [-0.39, 0.29) is 6.79 Å². The molecule has 6 aromatic rings. The number of aromatic amines is 2. The monoisotopic (exact) mass is 432 g/mol. The maximum Gasteiger partial charge on any atom is 0.231 e. The number of fused-ring (bicyclic) bond motifs is 3. The van der Waals surface area contributed by atoms with Gasteiger partial charge < -0.3 is 14.5 Å². The topological polar surface area (TPSA) is 102 Å². The zero-order chi connectivity index (χ0) is 21.8. The number of benzene rings is 2. The Kier molecular flexibility index (Phi) is 3.74. The minimum atomic E-state index is 0.246. The lowest BCUT2D eigenvalue weighted by Gasteiger charge is -2.04. The van der Waals surface area contributed by atoms with E-state index in [1.165, 1.54) is 0 Å². The molecule has 7 rings (SSSR count). The first kappa shape index (κ1) is 17.9. The van der Waals surface area contributed by atoms with E-state index in [0.717, 1.165) is 56.0 Å². The number of aromatic nitrogens is 6. The fourth-order valence-electron chi connectivity index (χ4n) is 4.19. The first-order valence-electron chi connectivity index (χ1n) is 10.5. The minimum absolute atomic E-state index is 0.246. The van der Waals surface area contributed by atoms with Crippen molar-refractivity contribution in [2.24, 2.45) is 0 Å². The SMILES string of the molecule is c1cc(-c2ccc3c(c2)OCO3)c2nc(-c3n[nH]c4ccc(-c5ccncc5)nc34)[nH]c2c1. The summed E-state index contributed by atoms with van der Waals surface area (Å²) in [5.74, 6) is 2.16. The predicted molar refractivity (Wildman–Crippen MR) is 124 cm³/mol. The molecule has 0 aliphatic carbocycles. The Labute approximate surface area is 187 Å². The molecular formula is C25H16N6O2. The lowest BCUT2D eigenvalue weighted by atomic mass is 10.0. The molecule has 5 heterocycles. The van der Waals surface area contributed by atoms with Gasteiger partial charge in [-0.2, -0.15) is 5.10 Å². The van der Waals surface area contributed by atoms with Crippen LogP contribution >= 0.6 is 0 Å². The molecule has 2 aromatic carbocycles. The molecule has 8 heteroatoms. The first-order chi connectivity index (χ1) is 16.3. The maximum absolute atomic E-state index is 5.56.